The molecule has 0 saturated carbocycles. The van der Waals surface area contributed by atoms with E-state index in [1.165, 1.54) is 5.56 Å². The van der Waals surface area contributed by atoms with E-state index in [1.807, 2.05) is 0 Å². The van der Waals surface area contributed by atoms with Crippen molar-refractivity contribution in [2.45, 2.75) is 33.1 Å². The fraction of sp³-hybridized carbons (Fsp3) is 0.375. The van der Waals surface area contributed by atoms with Crippen LogP contribution in [0.2, 0.25) is 0 Å². The number of rotatable bonds is 7. The highest BCUT2D eigenvalue weighted by Crippen LogP contribution is 2.24. The Bertz CT molecular complexity index is 569. The smallest absolute Gasteiger partial charge is 0.224 e. The number of aromatic nitrogens is 2. The van der Waals surface area contributed by atoms with E-state index in [4.69, 9.17) is 0 Å². The first kappa shape index (κ1) is 15.8. The predicted molar refractivity (Wildman–Crippen MR) is 92.2 cm³/mol. The van der Waals surface area contributed by atoms with Crippen LogP contribution in [-0.4, -0.2) is 16.5 Å². The van der Waals surface area contributed by atoms with Crippen molar-refractivity contribution in [1.82, 2.24) is 9.97 Å². The predicted octanol–water partition coefficient (Wildman–Crippen LogP) is 4.76. The quantitative estimate of drug-likeness (QED) is 0.757. The van der Waals surface area contributed by atoms with E-state index in [0.717, 1.165) is 41.8 Å². The molecule has 0 bridgehead atoms. The largest absolute Gasteiger partial charge is 0.354 e. The second-order valence-electron chi connectivity index (χ2n) is 4.89. The van der Waals surface area contributed by atoms with Gasteiger partial charge in [0.15, 0.2) is 0 Å². The van der Waals surface area contributed by atoms with E-state index in [1.54, 1.807) is 6.20 Å². The highest BCUT2D eigenvalue weighted by atomic mass is 79.9. The first-order chi connectivity index (χ1) is 10.2. The van der Waals surface area contributed by atoms with Gasteiger partial charge in [-0.25, -0.2) is 4.98 Å². The van der Waals surface area contributed by atoms with E-state index < -0.39 is 0 Å². The van der Waals surface area contributed by atoms with Crippen molar-refractivity contribution >= 4 is 33.4 Å². The van der Waals surface area contributed by atoms with Gasteiger partial charge in [0.05, 0.1) is 4.47 Å². The molecule has 0 amide bonds. The number of aryl methyl sites for hydroxylation is 1. The van der Waals surface area contributed by atoms with Crippen LogP contribution in [0.15, 0.2) is 34.9 Å². The van der Waals surface area contributed by atoms with Gasteiger partial charge in [-0.1, -0.05) is 32.4 Å². The Morgan fingerprint density at radius 2 is 1.86 bits per heavy atom. The Kier molecular flexibility index (Phi) is 5.99. The van der Waals surface area contributed by atoms with Crippen LogP contribution in [0.25, 0.3) is 0 Å². The van der Waals surface area contributed by atoms with Crippen LogP contribution in [0.5, 0.6) is 0 Å². The van der Waals surface area contributed by atoms with Crippen LogP contribution in [0.4, 0.5) is 17.5 Å². The van der Waals surface area contributed by atoms with Crippen molar-refractivity contribution in [3.63, 3.8) is 0 Å². The number of hydrogen-bond donors (Lipinski definition) is 2. The van der Waals surface area contributed by atoms with Crippen molar-refractivity contribution in [3.05, 3.63) is 40.5 Å². The average Bonchev–Trinajstić information content (AvgIpc) is 2.50. The Morgan fingerprint density at radius 3 is 2.52 bits per heavy atom. The Balaban J connectivity index is 2.10. The molecule has 1 aromatic heterocycles. The third-order valence-corrected chi connectivity index (χ3v) is 3.61. The number of halogens is 1. The number of hydrogen-bond acceptors (Lipinski definition) is 4. The summed E-state index contributed by atoms with van der Waals surface area (Å²) >= 11 is 3.48. The molecule has 0 saturated heterocycles. The lowest BCUT2D eigenvalue weighted by Gasteiger charge is -2.10. The highest BCUT2D eigenvalue weighted by Gasteiger charge is 2.05. The number of nitrogens with one attached hydrogen (secondary N) is 2. The van der Waals surface area contributed by atoms with Crippen molar-refractivity contribution in [2.24, 2.45) is 0 Å². The summed E-state index contributed by atoms with van der Waals surface area (Å²) in [5.74, 6) is 1.41. The van der Waals surface area contributed by atoms with Crippen LogP contribution >= 0.6 is 15.9 Å². The zero-order valence-electron chi connectivity index (χ0n) is 12.5. The molecule has 0 aliphatic carbocycles. The molecule has 2 aromatic rings. The topological polar surface area (TPSA) is 49.8 Å². The minimum Gasteiger partial charge on any atom is -0.354 e. The molecule has 4 nitrogen and oxygen atoms in total. The first-order valence-corrected chi connectivity index (χ1v) is 8.14. The summed E-state index contributed by atoms with van der Waals surface area (Å²) < 4.78 is 0.849. The Morgan fingerprint density at radius 1 is 1.10 bits per heavy atom. The lowest BCUT2D eigenvalue weighted by molar-refractivity contribution is 0.922. The SMILES string of the molecule is CCCNc1ncc(Br)c(Nc2ccc(CCC)cc2)n1. The Labute approximate surface area is 134 Å². The third-order valence-electron chi connectivity index (χ3n) is 3.03. The maximum atomic E-state index is 4.48. The van der Waals surface area contributed by atoms with Gasteiger partial charge in [0.25, 0.3) is 0 Å². The second kappa shape index (κ2) is 7.98. The summed E-state index contributed by atoms with van der Waals surface area (Å²) in [6, 6.07) is 8.46. The fourth-order valence-electron chi connectivity index (χ4n) is 1.96. The monoisotopic (exact) mass is 348 g/mol. The molecule has 112 valence electrons. The van der Waals surface area contributed by atoms with Gasteiger partial charge in [-0.05, 0) is 46.5 Å². The molecule has 2 N–H and O–H groups in total. The van der Waals surface area contributed by atoms with Crippen molar-refractivity contribution < 1.29 is 0 Å². The molecular weight excluding hydrogens is 328 g/mol. The standard InChI is InChI=1S/C16H21BrN4/c1-3-5-12-6-8-13(9-7-12)20-15-14(17)11-19-16(21-15)18-10-4-2/h6-9,11H,3-5,10H2,1-2H3,(H2,18,19,20,21). The van der Waals surface area contributed by atoms with Gasteiger partial charge in [0, 0.05) is 18.4 Å². The van der Waals surface area contributed by atoms with Crippen LogP contribution in [0.3, 0.4) is 0 Å². The van der Waals surface area contributed by atoms with Crippen molar-refractivity contribution in [3.8, 4) is 0 Å². The van der Waals surface area contributed by atoms with Crippen molar-refractivity contribution in [2.75, 3.05) is 17.2 Å². The maximum absolute atomic E-state index is 4.48. The maximum Gasteiger partial charge on any atom is 0.224 e. The summed E-state index contributed by atoms with van der Waals surface area (Å²) in [6.07, 6.45) is 5.08. The highest BCUT2D eigenvalue weighted by molar-refractivity contribution is 9.10. The summed E-state index contributed by atoms with van der Waals surface area (Å²) in [7, 11) is 0. The first-order valence-electron chi connectivity index (χ1n) is 7.35. The molecule has 0 radical (unpaired) electrons. The molecule has 2 rings (SSSR count). The van der Waals surface area contributed by atoms with E-state index >= 15 is 0 Å². The van der Waals surface area contributed by atoms with Crippen LogP contribution < -0.4 is 10.6 Å². The minimum atomic E-state index is 0.644. The summed E-state index contributed by atoms with van der Waals surface area (Å²) in [5.41, 5.74) is 2.38. The minimum absolute atomic E-state index is 0.644. The van der Waals surface area contributed by atoms with Gasteiger partial charge in [0.1, 0.15) is 5.82 Å². The van der Waals surface area contributed by atoms with E-state index in [2.05, 4.69) is 74.6 Å². The molecule has 0 spiro atoms. The number of nitrogens with zero attached hydrogens (tertiary/aromatic N) is 2. The van der Waals surface area contributed by atoms with E-state index in [9.17, 15) is 0 Å². The van der Waals surface area contributed by atoms with Gasteiger partial charge < -0.3 is 10.6 Å². The van der Waals surface area contributed by atoms with Gasteiger partial charge in [-0.2, -0.15) is 4.98 Å². The summed E-state index contributed by atoms with van der Waals surface area (Å²) in [5, 5.41) is 6.51. The zero-order chi connectivity index (χ0) is 15.1. The zero-order valence-corrected chi connectivity index (χ0v) is 14.1. The molecule has 1 heterocycles. The van der Waals surface area contributed by atoms with Gasteiger partial charge in [-0.15, -0.1) is 0 Å². The number of anilines is 3. The molecule has 0 aliphatic heterocycles. The lowest BCUT2D eigenvalue weighted by Crippen LogP contribution is -2.06. The van der Waals surface area contributed by atoms with Crippen LogP contribution in [0, 0.1) is 0 Å². The molecule has 0 unspecified atom stereocenters. The Hall–Kier alpha value is -1.62. The van der Waals surface area contributed by atoms with Crippen LogP contribution in [-0.2, 0) is 6.42 Å². The number of benzene rings is 1. The third kappa shape index (κ3) is 4.70. The average molecular weight is 349 g/mol. The van der Waals surface area contributed by atoms with Gasteiger partial charge in [0.2, 0.25) is 5.95 Å². The van der Waals surface area contributed by atoms with Crippen molar-refractivity contribution in [1.29, 1.82) is 0 Å². The fourth-order valence-corrected chi connectivity index (χ4v) is 2.25. The molecule has 0 aliphatic rings. The summed E-state index contributed by atoms with van der Waals surface area (Å²) in [6.45, 7) is 5.17. The molecule has 1 aromatic carbocycles. The molecule has 0 fully saturated rings. The molecule has 0 atom stereocenters. The van der Waals surface area contributed by atoms with Crippen LogP contribution in [0.1, 0.15) is 32.3 Å². The second-order valence-corrected chi connectivity index (χ2v) is 5.74. The molecule has 21 heavy (non-hydrogen) atoms. The summed E-state index contributed by atoms with van der Waals surface area (Å²) in [4.78, 5) is 8.73. The van der Waals surface area contributed by atoms with E-state index in [0.29, 0.717) is 5.95 Å². The molecule has 5 heteroatoms. The normalized spacial score (nSPS) is 10.4. The van der Waals surface area contributed by atoms with Gasteiger partial charge >= 0.3 is 0 Å². The lowest BCUT2D eigenvalue weighted by atomic mass is 10.1. The van der Waals surface area contributed by atoms with Gasteiger partial charge in [-0.3, -0.25) is 0 Å². The molecular formula is C16H21BrN4. The van der Waals surface area contributed by atoms with E-state index in [-0.39, 0.29) is 0 Å².